The van der Waals surface area contributed by atoms with Crippen LogP contribution >= 0.6 is 0 Å². The van der Waals surface area contributed by atoms with Gasteiger partial charge in [0.25, 0.3) is 0 Å². The van der Waals surface area contributed by atoms with E-state index in [0.717, 1.165) is 36.0 Å². The number of nitrogens with one attached hydrogen (secondary N) is 1. The van der Waals surface area contributed by atoms with Crippen molar-refractivity contribution in [1.82, 2.24) is 5.32 Å². The predicted molar refractivity (Wildman–Crippen MR) is 75.9 cm³/mol. The van der Waals surface area contributed by atoms with Crippen molar-refractivity contribution in [3.05, 3.63) is 40.5 Å². The van der Waals surface area contributed by atoms with Crippen molar-refractivity contribution in [3.8, 4) is 0 Å². The van der Waals surface area contributed by atoms with Gasteiger partial charge in [0.05, 0.1) is 0 Å². The molecule has 0 aliphatic heterocycles. The molecule has 0 radical (unpaired) electrons. The Balaban J connectivity index is 2.16. The summed E-state index contributed by atoms with van der Waals surface area (Å²) in [4.78, 5) is 10.8. The Hall–Kier alpha value is -1.78. The minimum atomic E-state index is -4.82. The van der Waals surface area contributed by atoms with Crippen LogP contribution in [-0.2, 0) is 11.2 Å². The summed E-state index contributed by atoms with van der Waals surface area (Å²) in [6.45, 7) is 3.96. The highest BCUT2D eigenvalue weighted by Crippen LogP contribution is 2.33. The van der Waals surface area contributed by atoms with E-state index in [2.05, 4.69) is 19.1 Å². The van der Waals surface area contributed by atoms with E-state index in [9.17, 15) is 18.0 Å². The number of hydrogen-bond acceptors (Lipinski definition) is 1. The number of benzene rings is 1. The molecular formula is C16H18F3NO. The molecule has 0 heterocycles. The molecule has 0 aromatic heterocycles. The first-order valence-electron chi connectivity index (χ1n) is 6.93. The van der Waals surface area contributed by atoms with E-state index in [1.54, 1.807) is 6.08 Å². The van der Waals surface area contributed by atoms with Crippen LogP contribution in [0.3, 0.4) is 0 Å². The molecule has 1 aliphatic rings. The van der Waals surface area contributed by atoms with Crippen LogP contribution in [0.25, 0.3) is 5.57 Å². The van der Waals surface area contributed by atoms with Gasteiger partial charge in [0.2, 0.25) is 0 Å². The lowest BCUT2D eigenvalue weighted by atomic mass is 9.83. The number of rotatable bonds is 2. The molecule has 0 atom stereocenters. The van der Waals surface area contributed by atoms with Crippen molar-refractivity contribution in [3.63, 3.8) is 0 Å². The summed E-state index contributed by atoms with van der Waals surface area (Å²) in [5.41, 5.74) is 5.75. The third-order valence-corrected chi connectivity index (χ3v) is 3.70. The Labute approximate surface area is 122 Å². The first-order chi connectivity index (χ1) is 9.79. The third-order valence-electron chi connectivity index (χ3n) is 3.70. The Kier molecular flexibility index (Phi) is 4.40. The molecule has 1 N–H and O–H groups in total. The summed E-state index contributed by atoms with van der Waals surface area (Å²) in [7, 11) is 0. The van der Waals surface area contributed by atoms with Gasteiger partial charge in [0.15, 0.2) is 0 Å². The van der Waals surface area contributed by atoms with Crippen LogP contribution in [0, 0.1) is 13.8 Å². The largest absolute Gasteiger partial charge is 0.471 e. The van der Waals surface area contributed by atoms with E-state index >= 15 is 0 Å². The molecular weight excluding hydrogens is 279 g/mol. The number of allylic oxidation sites excluding steroid dienone is 1. The minimum absolute atomic E-state index is 0.0971. The fourth-order valence-corrected chi connectivity index (χ4v) is 2.79. The van der Waals surface area contributed by atoms with Crippen molar-refractivity contribution in [1.29, 1.82) is 0 Å². The highest BCUT2D eigenvalue weighted by Gasteiger charge is 2.38. The molecule has 1 aliphatic carbocycles. The van der Waals surface area contributed by atoms with E-state index in [1.165, 1.54) is 11.1 Å². The second-order valence-electron chi connectivity index (χ2n) is 5.40. The van der Waals surface area contributed by atoms with Gasteiger partial charge in [-0.25, -0.2) is 0 Å². The number of carbonyl (C=O) groups is 1. The average molecular weight is 297 g/mol. The average Bonchev–Trinajstić information content (AvgIpc) is 2.38. The van der Waals surface area contributed by atoms with Crippen LogP contribution in [0.5, 0.6) is 0 Å². The molecule has 0 saturated carbocycles. The van der Waals surface area contributed by atoms with Gasteiger partial charge in [-0.2, -0.15) is 13.2 Å². The molecule has 1 amide bonds. The summed E-state index contributed by atoms with van der Waals surface area (Å²) in [5.74, 6) is -1.89. The Morgan fingerprint density at radius 2 is 2.00 bits per heavy atom. The topological polar surface area (TPSA) is 29.1 Å². The fourth-order valence-electron chi connectivity index (χ4n) is 2.79. The molecule has 0 bridgehead atoms. The van der Waals surface area contributed by atoms with Crippen LogP contribution in [0.4, 0.5) is 13.2 Å². The van der Waals surface area contributed by atoms with Gasteiger partial charge in [-0.15, -0.1) is 0 Å². The first-order valence-corrected chi connectivity index (χ1v) is 6.93. The molecule has 5 heteroatoms. The van der Waals surface area contributed by atoms with Crippen molar-refractivity contribution in [2.24, 2.45) is 0 Å². The lowest BCUT2D eigenvalue weighted by Gasteiger charge is -2.22. The van der Waals surface area contributed by atoms with E-state index in [-0.39, 0.29) is 6.54 Å². The number of hydrogen-bond donors (Lipinski definition) is 1. The van der Waals surface area contributed by atoms with Crippen LogP contribution in [0.1, 0.15) is 35.1 Å². The molecule has 2 nitrogen and oxygen atoms in total. The molecule has 1 aromatic rings. The second kappa shape index (κ2) is 5.92. The van der Waals surface area contributed by atoms with E-state index in [0.29, 0.717) is 0 Å². The Morgan fingerprint density at radius 3 is 2.67 bits per heavy atom. The lowest BCUT2D eigenvalue weighted by molar-refractivity contribution is -0.173. The number of alkyl halides is 3. The lowest BCUT2D eigenvalue weighted by Crippen LogP contribution is -2.36. The van der Waals surface area contributed by atoms with E-state index in [4.69, 9.17) is 0 Å². The van der Waals surface area contributed by atoms with Gasteiger partial charge in [-0.1, -0.05) is 23.8 Å². The maximum atomic E-state index is 12.1. The maximum absolute atomic E-state index is 12.1. The highest BCUT2D eigenvalue weighted by molar-refractivity contribution is 5.82. The van der Waals surface area contributed by atoms with Crippen LogP contribution in [0.2, 0.25) is 0 Å². The molecule has 0 spiro atoms. The number of carbonyl (C=O) groups excluding carboxylic acids is 1. The second-order valence-corrected chi connectivity index (χ2v) is 5.40. The molecule has 1 aromatic carbocycles. The van der Waals surface area contributed by atoms with Gasteiger partial charge in [-0.3, -0.25) is 4.79 Å². The van der Waals surface area contributed by atoms with Crippen molar-refractivity contribution < 1.29 is 18.0 Å². The molecule has 0 saturated heterocycles. The summed E-state index contributed by atoms with van der Waals surface area (Å²) in [6, 6.07) is 4.19. The van der Waals surface area contributed by atoms with Crippen molar-refractivity contribution >= 4 is 11.5 Å². The fraction of sp³-hybridized carbons (Fsp3) is 0.438. The molecule has 2 rings (SSSR count). The van der Waals surface area contributed by atoms with Crippen LogP contribution in [-0.4, -0.2) is 18.6 Å². The Bertz CT molecular complexity index is 588. The summed E-state index contributed by atoms with van der Waals surface area (Å²) < 4.78 is 36.4. The summed E-state index contributed by atoms with van der Waals surface area (Å²) in [6.07, 6.45) is -0.321. The molecule has 114 valence electrons. The molecule has 21 heavy (non-hydrogen) atoms. The minimum Gasteiger partial charge on any atom is -0.345 e. The van der Waals surface area contributed by atoms with Gasteiger partial charge in [0, 0.05) is 6.54 Å². The zero-order valence-corrected chi connectivity index (χ0v) is 12.1. The SMILES string of the molecule is Cc1cc(C)c2c(c1)/C(=C/CNC(=O)C(F)(F)F)CCC2. The molecule has 0 fully saturated rings. The third kappa shape index (κ3) is 3.65. The van der Waals surface area contributed by atoms with Gasteiger partial charge in [-0.05, 0) is 55.4 Å². The number of aryl methyl sites for hydroxylation is 2. The van der Waals surface area contributed by atoms with Crippen molar-refractivity contribution in [2.75, 3.05) is 6.54 Å². The smallest absolute Gasteiger partial charge is 0.345 e. The standard InChI is InChI=1S/C16H18F3NO/c1-10-8-11(2)13-5-3-4-12(14(13)9-10)6-7-20-15(21)16(17,18)19/h6,8-9H,3-5,7H2,1-2H3,(H,20,21)/b12-6+. The number of fused-ring (bicyclic) bond motifs is 1. The summed E-state index contributed by atoms with van der Waals surface area (Å²) >= 11 is 0. The summed E-state index contributed by atoms with van der Waals surface area (Å²) in [5, 5.41) is 1.89. The van der Waals surface area contributed by atoms with Gasteiger partial charge in [0.1, 0.15) is 0 Å². The normalized spacial score (nSPS) is 16.7. The van der Waals surface area contributed by atoms with E-state index in [1.807, 2.05) is 12.2 Å². The number of amides is 1. The van der Waals surface area contributed by atoms with Crippen LogP contribution in [0.15, 0.2) is 18.2 Å². The molecule has 0 unspecified atom stereocenters. The van der Waals surface area contributed by atoms with Crippen molar-refractivity contribution in [2.45, 2.75) is 39.3 Å². The zero-order valence-electron chi connectivity index (χ0n) is 12.1. The van der Waals surface area contributed by atoms with Gasteiger partial charge >= 0.3 is 12.1 Å². The quantitative estimate of drug-likeness (QED) is 0.886. The van der Waals surface area contributed by atoms with Gasteiger partial charge < -0.3 is 5.32 Å². The Morgan fingerprint density at radius 1 is 1.29 bits per heavy atom. The van der Waals surface area contributed by atoms with Crippen LogP contribution < -0.4 is 5.32 Å². The zero-order chi connectivity index (χ0) is 15.6. The number of halogens is 3. The maximum Gasteiger partial charge on any atom is 0.471 e. The monoisotopic (exact) mass is 297 g/mol. The predicted octanol–water partition coefficient (Wildman–Crippen LogP) is 3.70. The highest BCUT2D eigenvalue weighted by atomic mass is 19.4. The van der Waals surface area contributed by atoms with E-state index < -0.39 is 12.1 Å². The first kappa shape index (κ1) is 15.6.